The fourth-order valence-corrected chi connectivity index (χ4v) is 2.18. The van der Waals surface area contributed by atoms with E-state index in [-0.39, 0.29) is 5.91 Å². The molecule has 0 aliphatic carbocycles. The summed E-state index contributed by atoms with van der Waals surface area (Å²) >= 11 is 0. The van der Waals surface area contributed by atoms with Crippen LogP contribution in [0, 0.1) is 0 Å². The molecule has 1 unspecified atom stereocenters. The Morgan fingerprint density at radius 2 is 2.21 bits per heavy atom. The summed E-state index contributed by atoms with van der Waals surface area (Å²) in [5.41, 5.74) is 0.680. The standard InChI is InChI=1S/C14H16N2O3/c17-13(8-7-11-5-1-3-9-15-11)16-10-4-2-6-12(16)14(18)19/h1,3,5,7-9,12H,2,4,6,10H2,(H,18,19). The van der Waals surface area contributed by atoms with E-state index in [4.69, 9.17) is 5.11 Å². The second kappa shape index (κ2) is 6.13. The monoisotopic (exact) mass is 260 g/mol. The summed E-state index contributed by atoms with van der Waals surface area (Å²) in [7, 11) is 0. The maximum atomic E-state index is 12.0. The number of aliphatic carboxylic acids is 1. The number of carbonyl (C=O) groups excluding carboxylic acids is 1. The van der Waals surface area contributed by atoms with Crippen molar-refractivity contribution >= 4 is 18.0 Å². The smallest absolute Gasteiger partial charge is 0.326 e. The van der Waals surface area contributed by atoms with Gasteiger partial charge in [-0.1, -0.05) is 6.07 Å². The molecule has 0 spiro atoms. The van der Waals surface area contributed by atoms with Crippen LogP contribution in [0.4, 0.5) is 0 Å². The first kappa shape index (κ1) is 13.3. The van der Waals surface area contributed by atoms with Gasteiger partial charge in [-0.05, 0) is 37.5 Å². The fraction of sp³-hybridized carbons (Fsp3) is 0.357. The molecule has 1 amide bonds. The SMILES string of the molecule is O=C(O)C1CCCCN1C(=O)C=Cc1ccccn1. The first-order valence-corrected chi connectivity index (χ1v) is 6.31. The van der Waals surface area contributed by atoms with Gasteiger partial charge in [0.2, 0.25) is 5.91 Å². The highest BCUT2D eigenvalue weighted by Crippen LogP contribution is 2.17. The van der Waals surface area contributed by atoms with Crippen molar-refractivity contribution in [2.75, 3.05) is 6.54 Å². The van der Waals surface area contributed by atoms with Gasteiger partial charge in [0.05, 0.1) is 5.69 Å². The minimum atomic E-state index is -0.931. The van der Waals surface area contributed by atoms with Gasteiger partial charge < -0.3 is 10.0 Å². The Morgan fingerprint density at radius 3 is 2.89 bits per heavy atom. The predicted molar refractivity (Wildman–Crippen MR) is 70.3 cm³/mol. The number of pyridine rings is 1. The van der Waals surface area contributed by atoms with Crippen molar-refractivity contribution in [1.82, 2.24) is 9.88 Å². The topological polar surface area (TPSA) is 70.5 Å². The molecule has 1 atom stereocenters. The minimum absolute atomic E-state index is 0.266. The molecule has 100 valence electrons. The Morgan fingerprint density at radius 1 is 1.37 bits per heavy atom. The summed E-state index contributed by atoms with van der Waals surface area (Å²) in [5, 5.41) is 9.11. The first-order valence-electron chi connectivity index (χ1n) is 6.31. The van der Waals surface area contributed by atoms with Crippen molar-refractivity contribution in [1.29, 1.82) is 0 Å². The zero-order valence-corrected chi connectivity index (χ0v) is 10.5. The number of likely N-dealkylation sites (tertiary alicyclic amines) is 1. The van der Waals surface area contributed by atoms with Crippen molar-refractivity contribution in [2.45, 2.75) is 25.3 Å². The third-order valence-corrected chi connectivity index (χ3v) is 3.16. The number of rotatable bonds is 3. The fourth-order valence-electron chi connectivity index (χ4n) is 2.18. The maximum absolute atomic E-state index is 12.0. The largest absolute Gasteiger partial charge is 0.480 e. The molecular weight excluding hydrogens is 244 g/mol. The van der Waals surface area contributed by atoms with Gasteiger partial charge in [-0.25, -0.2) is 4.79 Å². The van der Waals surface area contributed by atoms with Crippen molar-refractivity contribution in [3.8, 4) is 0 Å². The summed E-state index contributed by atoms with van der Waals surface area (Å²) in [6.07, 6.45) is 6.88. The number of carbonyl (C=O) groups is 2. The lowest BCUT2D eigenvalue weighted by Crippen LogP contribution is -2.47. The van der Waals surface area contributed by atoms with E-state index in [2.05, 4.69) is 4.98 Å². The molecule has 2 rings (SSSR count). The normalized spacial score (nSPS) is 19.6. The molecule has 5 heteroatoms. The number of carboxylic acid groups (broad SMARTS) is 1. The summed E-state index contributed by atoms with van der Waals surface area (Å²) in [5.74, 6) is -1.20. The van der Waals surface area contributed by atoms with E-state index in [1.807, 2.05) is 6.07 Å². The molecule has 1 aliphatic rings. The first-order chi connectivity index (χ1) is 9.18. The zero-order chi connectivity index (χ0) is 13.7. The molecule has 1 aliphatic heterocycles. The van der Waals surface area contributed by atoms with Crippen molar-refractivity contribution in [3.05, 3.63) is 36.2 Å². The number of nitrogens with zero attached hydrogens (tertiary/aromatic N) is 2. The Hall–Kier alpha value is -2.17. The van der Waals surface area contributed by atoms with E-state index in [1.165, 1.54) is 11.0 Å². The van der Waals surface area contributed by atoms with Crippen LogP contribution in [0.2, 0.25) is 0 Å². The maximum Gasteiger partial charge on any atom is 0.326 e. The van der Waals surface area contributed by atoms with E-state index < -0.39 is 12.0 Å². The van der Waals surface area contributed by atoms with Crippen LogP contribution in [-0.4, -0.2) is 39.5 Å². The summed E-state index contributed by atoms with van der Waals surface area (Å²) < 4.78 is 0. The third-order valence-electron chi connectivity index (χ3n) is 3.16. The number of hydrogen-bond acceptors (Lipinski definition) is 3. The molecule has 1 N–H and O–H groups in total. The number of carboxylic acids is 1. The molecule has 5 nitrogen and oxygen atoms in total. The Balaban J connectivity index is 2.06. The van der Waals surface area contributed by atoms with Crippen LogP contribution < -0.4 is 0 Å². The summed E-state index contributed by atoms with van der Waals surface area (Å²) in [6.45, 7) is 0.502. The molecule has 0 aromatic carbocycles. The van der Waals surface area contributed by atoms with Crippen LogP contribution in [0.15, 0.2) is 30.5 Å². The van der Waals surface area contributed by atoms with Crippen LogP contribution in [-0.2, 0) is 9.59 Å². The van der Waals surface area contributed by atoms with E-state index in [1.54, 1.807) is 24.4 Å². The van der Waals surface area contributed by atoms with Gasteiger partial charge in [-0.2, -0.15) is 0 Å². The molecule has 1 aromatic rings. The Kier molecular flexibility index (Phi) is 4.28. The van der Waals surface area contributed by atoms with Crippen LogP contribution in [0.25, 0.3) is 6.08 Å². The Labute approximate surface area is 111 Å². The lowest BCUT2D eigenvalue weighted by molar-refractivity contribution is -0.150. The molecule has 1 aromatic heterocycles. The molecule has 0 radical (unpaired) electrons. The average molecular weight is 260 g/mol. The highest BCUT2D eigenvalue weighted by atomic mass is 16.4. The van der Waals surface area contributed by atoms with Gasteiger partial charge >= 0.3 is 5.97 Å². The van der Waals surface area contributed by atoms with Crippen LogP contribution in [0.3, 0.4) is 0 Å². The number of piperidine rings is 1. The third kappa shape index (κ3) is 3.40. The van der Waals surface area contributed by atoms with Crippen LogP contribution >= 0.6 is 0 Å². The molecular formula is C14H16N2O3. The second-order valence-corrected chi connectivity index (χ2v) is 4.47. The highest BCUT2D eigenvalue weighted by Gasteiger charge is 2.30. The van der Waals surface area contributed by atoms with E-state index in [0.29, 0.717) is 18.7 Å². The lowest BCUT2D eigenvalue weighted by Gasteiger charge is -2.32. The molecule has 0 saturated carbocycles. The number of amides is 1. The highest BCUT2D eigenvalue weighted by molar-refractivity contribution is 5.94. The van der Waals surface area contributed by atoms with Crippen molar-refractivity contribution in [3.63, 3.8) is 0 Å². The van der Waals surface area contributed by atoms with Crippen molar-refractivity contribution in [2.24, 2.45) is 0 Å². The van der Waals surface area contributed by atoms with Gasteiger partial charge in [-0.15, -0.1) is 0 Å². The molecule has 1 fully saturated rings. The van der Waals surface area contributed by atoms with Gasteiger partial charge in [-0.3, -0.25) is 9.78 Å². The number of hydrogen-bond donors (Lipinski definition) is 1. The van der Waals surface area contributed by atoms with Crippen LogP contribution in [0.1, 0.15) is 25.0 Å². The van der Waals surface area contributed by atoms with Gasteiger partial charge in [0, 0.05) is 18.8 Å². The van der Waals surface area contributed by atoms with E-state index in [9.17, 15) is 9.59 Å². The lowest BCUT2D eigenvalue weighted by atomic mass is 10.0. The summed E-state index contributed by atoms with van der Waals surface area (Å²) in [4.78, 5) is 28.6. The molecule has 2 heterocycles. The van der Waals surface area contributed by atoms with Crippen LogP contribution in [0.5, 0.6) is 0 Å². The summed E-state index contributed by atoms with van der Waals surface area (Å²) in [6, 6.07) is 4.71. The second-order valence-electron chi connectivity index (χ2n) is 4.47. The average Bonchev–Trinajstić information content (AvgIpc) is 2.46. The van der Waals surface area contributed by atoms with Gasteiger partial charge in [0.1, 0.15) is 6.04 Å². The van der Waals surface area contributed by atoms with Crippen molar-refractivity contribution < 1.29 is 14.7 Å². The zero-order valence-electron chi connectivity index (χ0n) is 10.5. The molecule has 0 bridgehead atoms. The number of aromatic nitrogens is 1. The Bertz CT molecular complexity index is 485. The van der Waals surface area contributed by atoms with Gasteiger partial charge in [0.25, 0.3) is 0 Å². The van der Waals surface area contributed by atoms with E-state index in [0.717, 1.165) is 12.8 Å². The molecule has 1 saturated heterocycles. The minimum Gasteiger partial charge on any atom is -0.480 e. The quantitative estimate of drug-likeness (QED) is 0.837. The van der Waals surface area contributed by atoms with E-state index >= 15 is 0 Å². The molecule has 19 heavy (non-hydrogen) atoms. The van der Waals surface area contributed by atoms with Gasteiger partial charge in [0.15, 0.2) is 0 Å². The predicted octanol–water partition coefficient (Wildman–Crippen LogP) is 1.56.